The van der Waals surface area contributed by atoms with Gasteiger partial charge in [-0.2, -0.15) is 13.2 Å². The summed E-state index contributed by atoms with van der Waals surface area (Å²) in [4.78, 5) is 17.5. The van der Waals surface area contributed by atoms with Crippen molar-refractivity contribution >= 4 is 5.91 Å². The minimum atomic E-state index is -4.31. The van der Waals surface area contributed by atoms with E-state index in [0.717, 1.165) is 75.9 Å². The Morgan fingerprint density at radius 1 is 1.00 bits per heavy atom. The molecule has 0 bridgehead atoms. The fourth-order valence-corrected chi connectivity index (χ4v) is 5.57. The summed E-state index contributed by atoms with van der Waals surface area (Å²) in [5.74, 6) is 0.397. The largest absolute Gasteiger partial charge is 0.416 e. The van der Waals surface area contributed by atoms with Crippen LogP contribution in [0.15, 0.2) is 24.3 Å². The van der Waals surface area contributed by atoms with E-state index in [9.17, 15) is 18.0 Å². The summed E-state index contributed by atoms with van der Waals surface area (Å²) >= 11 is 0. The second kappa shape index (κ2) is 9.49. The lowest BCUT2D eigenvalue weighted by Crippen LogP contribution is -2.40. The number of rotatable bonds is 5. The minimum absolute atomic E-state index is 0.0518. The quantitative estimate of drug-likeness (QED) is 0.669. The average Bonchev–Trinajstić information content (AvgIpc) is 3.44. The van der Waals surface area contributed by atoms with Gasteiger partial charge in [0.2, 0.25) is 5.91 Å². The highest BCUT2D eigenvalue weighted by Gasteiger charge is 2.38. The van der Waals surface area contributed by atoms with Crippen molar-refractivity contribution in [2.24, 2.45) is 5.92 Å². The molecular formula is C24H33F3N2O2. The van der Waals surface area contributed by atoms with Gasteiger partial charge >= 0.3 is 6.18 Å². The molecule has 1 aromatic carbocycles. The number of amides is 1. The van der Waals surface area contributed by atoms with Gasteiger partial charge in [-0.05, 0) is 69.7 Å². The molecule has 1 aromatic rings. The van der Waals surface area contributed by atoms with Crippen LogP contribution in [-0.2, 0) is 15.7 Å². The highest BCUT2D eigenvalue weighted by atomic mass is 19.4. The highest BCUT2D eigenvalue weighted by Crippen LogP contribution is 2.34. The Bertz CT molecular complexity index is 744. The molecule has 3 aliphatic rings. The van der Waals surface area contributed by atoms with Gasteiger partial charge in [0.25, 0.3) is 0 Å². The third-order valence-electron chi connectivity index (χ3n) is 7.34. The summed E-state index contributed by atoms with van der Waals surface area (Å²) in [5.41, 5.74) is 0.269. The molecule has 1 aliphatic carbocycles. The lowest BCUT2D eigenvalue weighted by Gasteiger charge is -2.34. The lowest BCUT2D eigenvalue weighted by molar-refractivity contribution is -0.137. The van der Waals surface area contributed by atoms with Crippen LogP contribution >= 0.6 is 0 Å². The van der Waals surface area contributed by atoms with E-state index in [1.807, 2.05) is 11.8 Å². The number of ether oxygens (including phenoxy) is 1. The average molecular weight is 439 g/mol. The van der Waals surface area contributed by atoms with Gasteiger partial charge in [-0.3, -0.25) is 9.69 Å². The summed E-state index contributed by atoms with van der Waals surface area (Å²) in [6, 6.07) is 5.99. The van der Waals surface area contributed by atoms with Crippen LogP contribution in [0, 0.1) is 5.92 Å². The first kappa shape index (κ1) is 22.6. The predicted octanol–water partition coefficient (Wildman–Crippen LogP) is 4.69. The maximum atomic E-state index is 13.1. The van der Waals surface area contributed by atoms with Crippen molar-refractivity contribution < 1.29 is 22.7 Å². The van der Waals surface area contributed by atoms with E-state index < -0.39 is 11.7 Å². The topological polar surface area (TPSA) is 32.8 Å². The van der Waals surface area contributed by atoms with Crippen LogP contribution in [0.2, 0.25) is 0 Å². The van der Waals surface area contributed by atoms with Gasteiger partial charge in [0.1, 0.15) is 0 Å². The summed E-state index contributed by atoms with van der Waals surface area (Å²) < 4.78 is 44.1. The van der Waals surface area contributed by atoms with E-state index in [2.05, 4.69) is 4.90 Å². The Hall–Kier alpha value is -1.60. The molecule has 2 heterocycles. The lowest BCUT2D eigenvalue weighted by atomic mass is 9.92. The summed E-state index contributed by atoms with van der Waals surface area (Å²) in [5, 5.41) is 0. The van der Waals surface area contributed by atoms with Crippen LogP contribution in [0.25, 0.3) is 0 Å². The number of carbonyl (C=O) groups excluding carboxylic acids is 1. The van der Waals surface area contributed by atoms with E-state index in [0.29, 0.717) is 25.2 Å². The van der Waals surface area contributed by atoms with Gasteiger partial charge in [-0.25, -0.2) is 0 Å². The zero-order valence-electron chi connectivity index (χ0n) is 18.2. The minimum Gasteiger partial charge on any atom is -0.379 e. The van der Waals surface area contributed by atoms with Crippen molar-refractivity contribution in [3.05, 3.63) is 35.4 Å². The molecule has 0 N–H and O–H groups in total. The summed E-state index contributed by atoms with van der Waals surface area (Å²) in [6.45, 7) is 5.95. The Morgan fingerprint density at radius 3 is 2.35 bits per heavy atom. The van der Waals surface area contributed by atoms with Crippen LogP contribution < -0.4 is 0 Å². The van der Waals surface area contributed by atoms with Crippen LogP contribution in [0.4, 0.5) is 13.2 Å². The molecule has 0 radical (unpaired) electrons. The molecule has 0 aromatic heterocycles. The van der Waals surface area contributed by atoms with Crippen LogP contribution in [0.3, 0.4) is 0 Å². The first-order valence-electron chi connectivity index (χ1n) is 11.7. The molecule has 2 atom stereocenters. The third kappa shape index (κ3) is 5.25. The molecule has 1 saturated carbocycles. The summed E-state index contributed by atoms with van der Waals surface area (Å²) in [6.07, 6.45) is 2.31. The summed E-state index contributed by atoms with van der Waals surface area (Å²) in [7, 11) is 0. The van der Waals surface area contributed by atoms with Gasteiger partial charge in [-0.1, -0.05) is 12.1 Å². The third-order valence-corrected chi connectivity index (χ3v) is 7.34. The molecule has 0 spiro atoms. The molecule has 2 aliphatic heterocycles. The molecule has 31 heavy (non-hydrogen) atoms. The number of likely N-dealkylation sites (tertiary alicyclic amines) is 2. The number of carbonyl (C=O) groups is 1. The molecule has 1 amide bonds. The second-order valence-electron chi connectivity index (χ2n) is 9.26. The molecule has 172 valence electrons. The number of hydrogen-bond donors (Lipinski definition) is 0. The first-order valence-corrected chi connectivity index (χ1v) is 11.7. The standard InChI is InChI=1S/C24H33F3N2O2/c1-2-31-22-9-7-21(8-10-22)28-13-12-19(16-28)23(30)29-14-11-18(15-29)17-3-5-20(6-4-17)24(25,26)27/h3-6,18-19,21-22H,2,7-16H2,1H3. The van der Waals surface area contributed by atoms with E-state index in [1.54, 1.807) is 12.1 Å². The van der Waals surface area contributed by atoms with Crippen molar-refractivity contribution in [2.75, 3.05) is 32.8 Å². The Balaban J connectivity index is 1.27. The first-order chi connectivity index (χ1) is 14.8. The van der Waals surface area contributed by atoms with E-state index in [4.69, 9.17) is 4.74 Å². The number of halogens is 3. The second-order valence-corrected chi connectivity index (χ2v) is 9.26. The molecule has 3 fully saturated rings. The monoisotopic (exact) mass is 438 g/mol. The van der Waals surface area contributed by atoms with Crippen molar-refractivity contribution in [3.63, 3.8) is 0 Å². The molecule has 2 saturated heterocycles. The molecule has 4 rings (SSSR count). The van der Waals surface area contributed by atoms with Gasteiger partial charge in [0, 0.05) is 38.2 Å². The van der Waals surface area contributed by atoms with E-state index in [-0.39, 0.29) is 17.7 Å². The van der Waals surface area contributed by atoms with Gasteiger partial charge in [0.15, 0.2) is 0 Å². The molecular weight excluding hydrogens is 405 g/mol. The number of benzene rings is 1. The van der Waals surface area contributed by atoms with Gasteiger partial charge in [-0.15, -0.1) is 0 Å². The molecule has 7 heteroatoms. The fourth-order valence-electron chi connectivity index (χ4n) is 5.57. The maximum Gasteiger partial charge on any atom is 0.416 e. The zero-order valence-corrected chi connectivity index (χ0v) is 18.2. The SMILES string of the molecule is CCOC1CCC(N2CCC(C(=O)N3CCC(c4ccc(C(F)(F)F)cc4)C3)C2)CC1. The van der Waals surface area contributed by atoms with Gasteiger partial charge in [0.05, 0.1) is 17.6 Å². The van der Waals surface area contributed by atoms with Crippen molar-refractivity contribution in [2.45, 2.75) is 69.7 Å². The van der Waals surface area contributed by atoms with Crippen molar-refractivity contribution in [1.29, 1.82) is 0 Å². The van der Waals surface area contributed by atoms with Crippen LogP contribution in [0.5, 0.6) is 0 Å². The Morgan fingerprint density at radius 2 is 1.71 bits per heavy atom. The zero-order chi connectivity index (χ0) is 22.0. The predicted molar refractivity (Wildman–Crippen MR) is 113 cm³/mol. The fraction of sp³-hybridized carbons (Fsp3) is 0.708. The number of hydrogen-bond acceptors (Lipinski definition) is 3. The molecule has 4 nitrogen and oxygen atoms in total. The normalized spacial score (nSPS) is 30.1. The Labute approximate surface area is 182 Å². The van der Waals surface area contributed by atoms with E-state index >= 15 is 0 Å². The number of alkyl halides is 3. The van der Waals surface area contributed by atoms with E-state index in [1.165, 1.54) is 0 Å². The Kier molecular flexibility index (Phi) is 6.92. The van der Waals surface area contributed by atoms with Gasteiger partial charge < -0.3 is 9.64 Å². The smallest absolute Gasteiger partial charge is 0.379 e. The van der Waals surface area contributed by atoms with Crippen molar-refractivity contribution in [3.8, 4) is 0 Å². The van der Waals surface area contributed by atoms with Crippen LogP contribution in [0.1, 0.15) is 62.5 Å². The number of nitrogens with zero attached hydrogens (tertiary/aromatic N) is 2. The van der Waals surface area contributed by atoms with Crippen LogP contribution in [-0.4, -0.2) is 60.6 Å². The molecule has 2 unspecified atom stereocenters. The maximum absolute atomic E-state index is 13.1. The van der Waals surface area contributed by atoms with Crippen molar-refractivity contribution in [1.82, 2.24) is 9.80 Å². The highest BCUT2D eigenvalue weighted by molar-refractivity contribution is 5.79.